The number of hydrogen-bond donors (Lipinski definition) is 2. The van der Waals surface area contributed by atoms with Gasteiger partial charge in [-0.1, -0.05) is 48.3 Å². The van der Waals surface area contributed by atoms with Gasteiger partial charge in [-0.3, -0.25) is 4.79 Å². The molecule has 0 aliphatic carbocycles. The van der Waals surface area contributed by atoms with Crippen molar-refractivity contribution >= 4 is 29.1 Å². The predicted octanol–water partition coefficient (Wildman–Crippen LogP) is 5.31. The van der Waals surface area contributed by atoms with Gasteiger partial charge in [0.2, 0.25) is 0 Å². The van der Waals surface area contributed by atoms with E-state index in [0.717, 1.165) is 24.1 Å². The largest absolute Gasteiger partial charge is 0.416 e. The minimum absolute atomic E-state index is 0.0579. The number of alkyl halides is 3. The van der Waals surface area contributed by atoms with Crippen LogP contribution in [0.4, 0.5) is 13.2 Å². The van der Waals surface area contributed by atoms with Gasteiger partial charge in [-0.05, 0) is 36.2 Å². The van der Waals surface area contributed by atoms with Crippen molar-refractivity contribution in [2.75, 3.05) is 6.54 Å². The van der Waals surface area contributed by atoms with Crippen LogP contribution in [0.2, 0.25) is 10.0 Å². The van der Waals surface area contributed by atoms with E-state index in [2.05, 4.69) is 10.6 Å². The fourth-order valence-corrected chi connectivity index (χ4v) is 3.02. The fraction of sp³-hybridized carbons (Fsp3) is 0.316. The van der Waals surface area contributed by atoms with E-state index < -0.39 is 11.7 Å². The van der Waals surface area contributed by atoms with E-state index in [0.29, 0.717) is 13.1 Å². The van der Waals surface area contributed by atoms with E-state index in [-0.39, 0.29) is 27.6 Å². The van der Waals surface area contributed by atoms with Gasteiger partial charge in [0.1, 0.15) is 0 Å². The number of benzene rings is 2. The molecule has 2 rings (SSSR count). The zero-order valence-electron chi connectivity index (χ0n) is 14.5. The summed E-state index contributed by atoms with van der Waals surface area (Å²) in [6, 6.07) is 9.75. The van der Waals surface area contributed by atoms with E-state index in [1.807, 2.05) is 6.92 Å². The van der Waals surface area contributed by atoms with Crippen molar-refractivity contribution in [1.29, 1.82) is 0 Å². The molecule has 0 saturated heterocycles. The third kappa shape index (κ3) is 6.13. The van der Waals surface area contributed by atoms with Crippen molar-refractivity contribution in [1.82, 2.24) is 10.6 Å². The van der Waals surface area contributed by atoms with Gasteiger partial charge < -0.3 is 10.6 Å². The van der Waals surface area contributed by atoms with Gasteiger partial charge >= 0.3 is 6.18 Å². The topological polar surface area (TPSA) is 41.1 Å². The Morgan fingerprint density at radius 2 is 1.67 bits per heavy atom. The lowest BCUT2D eigenvalue weighted by molar-refractivity contribution is -0.137. The predicted molar refractivity (Wildman–Crippen MR) is 101 cm³/mol. The van der Waals surface area contributed by atoms with Gasteiger partial charge in [-0.2, -0.15) is 13.2 Å². The quantitative estimate of drug-likeness (QED) is 0.639. The van der Waals surface area contributed by atoms with Crippen LogP contribution in [0.5, 0.6) is 0 Å². The normalized spacial score (nSPS) is 12.7. The van der Waals surface area contributed by atoms with Crippen LogP contribution in [-0.2, 0) is 12.7 Å². The second-order valence-corrected chi connectivity index (χ2v) is 6.80. The van der Waals surface area contributed by atoms with Gasteiger partial charge in [-0.25, -0.2) is 0 Å². The van der Waals surface area contributed by atoms with Gasteiger partial charge in [-0.15, -0.1) is 0 Å². The standard InChI is InChI=1S/C19H19Cl2F3N2O/c1-2-14(11-26-18(27)17-15(20)4-3-5-16(17)21)25-10-12-6-8-13(9-7-12)19(22,23)24/h3-9,14,25H,2,10-11H2,1H3,(H,26,27). The van der Waals surface area contributed by atoms with E-state index >= 15 is 0 Å². The molecule has 0 bridgehead atoms. The lowest BCUT2D eigenvalue weighted by Gasteiger charge is -2.18. The van der Waals surface area contributed by atoms with Crippen LogP contribution >= 0.6 is 23.2 Å². The second kappa shape index (κ2) is 9.44. The molecule has 0 spiro atoms. The van der Waals surface area contributed by atoms with Crippen LogP contribution in [0.15, 0.2) is 42.5 Å². The summed E-state index contributed by atoms with van der Waals surface area (Å²) in [5.74, 6) is -0.375. The SMILES string of the molecule is CCC(CNC(=O)c1c(Cl)cccc1Cl)NCc1ccc(C(F)(F)F)cc1. The first-order chi connectivity index (χ1) is 12.7. The van der Waals surface area contributed by atoms with Crippen molar-refractivity contribution in [3.05, 3.63) is 69.2 Å². The Labute approximate surface area is 165 Å². The highest BCUT2D eigenvalue weighted by Gasteiger charge is 2.29. The Kier molecular flexibility index (Phi) is 7.53. The van der Waals surface area contributed by atoms with E-state index in [4.69, 9.17) is 23.2 Å². The third-order valence-corrected chi connectivity index (χ3v) is 4.70. The number of hydrogen-bond acceptors (Lipinski definition) is 2. The average Bonchev–Trinajstić information content (AvgIpc) is 2.61. The van der Waals surface area contributed by atoms with Gasteiger partial charge in [0.15, 0.2) is 0 Å². The summed E-state index contributed by atoms with van der Waals surface area (Å²) >= 11 is 12.0. The molecule has 0 aliphatic rings. The maximum atomic E-state index is 12.6. The second-order valence-electron chi connectivity index (χ2n) is 5.99. The molecule has 8 heteroatoms. The summed E-state index contributed by atoms with van der Waals surface area (Å²) in [5.41, 5.74) is 0.266. The van der Waals surface area contributed by atoms with Crippen molar-refractivity contribution < 1.29 is 18.0 Å². The zero-order chi connectivity index (χ0) is 20.0. The first-order valence-corrected chi connectivity index (χ1v) is 9.09. The van der Waals surface area contributed by atoms with Crippen molar-refractivity contribution in [2.45, 2.75) is 32.1 Å². The van der Waals surface area contributed by atoms with Crippen LogP contribution in [0.1, 0.15) is 34.8 Å². The Morgan fingerprint density at radius 3 is 2.19 bits per heavy atom. The molecule has 0 aliphatic heterocycles. The highest BCUT2D eigenvalue weighted by atomic mass is 35.5. The molecule has 1 unspecified atom stereocenters. The monoisotopic (exact) mass is 418 g/mol. The minimum Gasteiger partial charge on any atom is -0.350 e. The molecular formula is C19H19Cl2F3N2O. The Bertz CT molecular complexity index is 759. The van der Waals surface area contributed by atoms with E-state index in [9.17, 15) is 18.0 Å². The fourth-order valence-electron chi connectivity index (χ4n) is 2.45. The van der Waals surface area contributed by atoms with Crippen LogP contribution in [0.25, 0.3) is 0 Å². The Balaban J connectivity index is 1.89. The molecule has 146 valence electrons. The van der Waals surface area contributed by atoms with Gasteiger partial charge in [0.25, 0.3) is 5.91 Å². The first kappa shape index (κ1) is 21.5. The maximum absolute atomic E-state index is 12.6. The van der Waals surface area contributed by atoms with E-state index in [1.165, 1.54) is 12.1 Å². The number of nitrogens with one attached hydrogen (secondary N) is 2. The molecule has 27 heavy (non-hydrogen) atoms. The summed E-state index contributed by atoms with van der Waals surface area (Å²) in [5, 5.41) is 6.53. The molecule has 1 amide bonds. The van der Waals surface area contributed by atoms with Gasteiger partial charge in [0, 0.05) is 19.1 Å². The molecule has 2 N–H and O–H groups in total. The summed E-state index contributed by atoms with van der Waals surface area (Å²) < 4.78 is 37.8. The average molecular weight is 419 g/mol. The smallest absolute Gasteiger partial charge is 0.350 e. The number of carbonyl (C=O) groups is 1. The van der Waals surface area contributed by atoms with Crippen molar-refractivity contribution in [2.24, 2.45) is 0 Å². The maximum Gasteiger partial charge on any atom is 0.416 e. The molecule has 1 atom stereocenters. The Hall–Kier alpha value is -1.76. The van der Waals surface area contributed by atoms with Gasteiger partial charge in [0.05, 0.1) is 21.2 Å². The molecule has 0 aromatic heterocycles. The molecule has 2 aromatic rings. The molecule has 0 heterocycles. The molecule has 0 fully saturated rings. The van der Waals surface area contributed by atoms with Crippen LogP contribution in [-0.4, -0.2) is 18.5 Å². The summed E-state index contributed by atoms with van der Waals surface area (Å²) in [4.78, 5) is 12.3. The summed E-state index contributed by atoms with van der Waals surface area (Å²) in [6.45, 7) is 2.66. The molecule has 0 saturated carbocycles. The van der Waals surface area contributed by atoms with Crippen molar-refractivity contribution in [3.8, 4) is 0 Å². The van der Waals surface area contributed by atoms with Crippen LogP contribution in [0, 0.1) is 0 Å². The summed E-state index contributed by atoms with van der Waals surface area (Å²) in [6.07, 6.45) is -3.63. The number of carbonyl (C=O) groups excluding carboxylic acids is 1. The van der Waals surface area contributed by atoms with Crippen LogP contribution < -0.4 is 10.6 Å². The molecular weight excluding hydrogens is 400 g/mol. The number of halogens is 5. The zero-order valence-corrected chi connectivity index (χ0v) is 16.1. The minimum atomic E-state index is -4.35. The molecule has 2 aromatic carbocycles. The lowest BCUT2D eigenvalue weighted by atomic mass is 10.1. The summed E-state index contributed by atoms with van der Waals surface area (Å²) in [7, 11) is 0. The first-order valence-electron chi connectivity index (χ1n) is 8.34. The molecule has 3 nitrogen and oxygen atoms in total. The van der Waals surface area contributed by atoms with E-state index in [1.54, 1.807) is 18.2 Å². The third-order valence-electron chi connectivity index (χ3n) is 4.07. The highest BCUT2D eigenvalue weighted by Crippen LogP contribution is 2.29. The molecule has 0 radical (unpaired) electrons. The highest BCUT2D eigenvalue weighted by molar-refractivity contribution is 6.39. The van der Waals surface area contributed by atoms with Crippen LogP contribution in [0.3, 0.4) is 0 Å². The number of rotatable bonds is 7. The van der Waals surface area contributed by atoms with Crippen molar-refractivity contribution in [3.63, 3.8) is 0 Å². The lowest BCUT2D eigenvalue weighted by Crippen LogP contribution is -2.40. The Morgan fingerprint density at radius 1 is 1.07 bits per heavy atom. The number of amides is 1.